The second kappa shape index (κ2) is 4.53. The molecule has 3 amide bonds. The molecule has 0 radical (unpaired) electrons. The Morgan fingerprint density at radius 3 is 2.44 bits per heavy atom. The zero-order valence-corrected chi connectivity index (χ0v) is 11.4. The number of carbonyl (C=O) groups excluding carboxylic acids is 2. The Morgan fingerprint density at radius 2 is 1.89 bits per heavy atom. The molecule has 0 aromatic rings. The minimum Gasteiger partial charge on any atom is -0.374 e. The highest BCUT2D eigenvalue weighted by atomic mass is 16.5. The van der Waals surface area contributed by atoms with Gasteiger partial charge in [0.05, 0.1) is 18.8 Å². The van der Waals surface area contributed by atoms with Crippen LogP contribution in [0.3, 0.4) is 0 Å². The quantitative estimate of drug-likeness (QED) is 0.779. The Morgan fingerprint density at radius 1 is 1.28 bits per heavy atom. The number of imide groups is 1. The zero-order valence-electron chi connectivity index (χ0n) is 11.4. The van der Waals surface area contributed by atoms with Crippen molar-refractivity contribution in [2.75, 3.05) is 13.2 Å². The maximum Gasteiger partial charge on any atom is 0.325 e. The number of nitrogens with one attached hydrogen (secondary N) is 1. The van der Waals surface area contributed by atoms with Gasteiger partial charge in [-0.05, 0) is 33.6 Å². The summed E-state index contributed by atoms with van der Waals surface area (Å²) in [7, 11) is 0. The van der Waals surface area contributed by atoms with Crippen molar-refractivity contribution in [3.8, 4) is 0 Å². The molecule has 102 valence electrons. The average molecular weight is 254 g/mol. The minimum absolute atomic E-state index is 0.0671. The van der Waals surface area contributed by atoms with Crippen LogP contribution in [0.1, 0.15) is 46.5 Å². The molecule has 2 rings (SSSR count). The van der Waals surface area contributed by atoms with Crippen LogP contribution in [-0.4, -0.2) is 41.1 Å². The standard InChI is InChI=1S/C13H22N2O3/c1-12(2,3)18-9-8-15-10(16)13(14-11(15)17)6-4-5-7-13/h4-9H2,1-3H3,(H,14,17). The molecule has 0 unspecified atom stereocenters. The molecule has 1 saturated carbocycles. The molecule has 1 aliphatic heterocycles. The predicted octanol–water partition coefficient (Wildman–Crippen LogP) is 1.67. The summed E-state index contributed by atoms with van der Waals surface area (Å²) < 4.78 is 5.57. The molecular weight excluding hydrogens is 232 g/mol. The summed E-state index contributed by atoms with van der Waals surface area (Å²) in [6.07, 6.45) is 3.57. The Bertz CT molecular complexity index is 354. The molecule has 1 N–H and O–H groups in total. The molecule has 1 heterocycles. The molecule has 5 nitrogen and oxygen atoms in total. The SMILES string of the molecule is CC(C)(C)OCCN1C(=O)NC2(CCCC2)C1=O. The lowest BCUT2D eigenvalue weighted by Gasteiger charge is -2.22. The summed E-state index contributed by atoms with van der Waals surface area (Å²) in [4.78, 5) is 25.4. The lowest BCUT2D eigenvalue weighted by molar-refractivity contribution is -0.132. The summed E-state index contributed by atoms with van der Waals surface area (Å²) in [6, 6.07) is -0.264. The van der Waals surface area contributed by atoms with Crippen LogP contribution in [0.4, 0.5) is 4.79 Å². The molecular formula is C13H22N2O3. The van der Waals surface area contributed by atoms with Crippen LogP contribution < -0.4 is 5.32 Å². The van der Waals surface area contributed by atoms with E-state index in [0.29, 0.717) is 13.2 Å². The van der Waals surface area contributed by atoms with E-state index < -0.39 is 5.54 Å². The van der Waals surface area contributed by atoms with Gasteiger partial charge in [-0.25, -0.2) is 4.79 Å². The molecule has 0 aromatic carbocycles. The van der Waals surface area contributed by atoms with E-state index in [2.05, 4.69) is 5.32 Å². The third kappa shape index (κ3) is 2.51. The van der Waals surface area contributed by atoms with Crippen molar-refractivity contribution in [2.45, 2.75) is 57.6 Å². The van der Waals surface area contributed by atoms with Gasteiger partial charge in [-0.1, -0.05) is 12.8 Å². The van der Waals surface area contributed by atoms with Crippen molar-refractivity contribution < 1.29 is 14.3 Å². The monoisotopic (exact) mass is 254 g/mol. The summed E-state index contributed by atoms with van der Waals surface area (Å²) in [5.74, 6) is -0.0671. The molecule has 1 saturated heterocycles. The fourth-order valence-electron chi connectivity index (χ4n) is 2.64. The van der Waals surface area contributed by atoms with Gasteiger partial charge < -0.3 is 10.1 Å². The number of amides is 3. The van der Waals surface area contributed by atoms with Crippen LogP contribution in [0.5, 0.6) is 0 Å². The minimum atomic E-state index is -0.598. The van der Waals surface area contributed by atoms with Crippen LogP contribution in [0.2, 0.25) is 0 Å². The fourth-order valence-corrected chi connectivity index (χ4v) is 2.64. The number of nitrogens with zero attached hydrogens (tertiary/aromatic N) is 1. The maximum absolute atomic E-state index is 12.3. The van der Waals surface area contributed by atoms with E-state index in [1.807, 2.05) is 20.8 Å². The van der Waals surface area contributed by atoms with Gasteiger partial charge in [-0.15, -0.1) is 0 Å². The van der Waals surface area contributed by atoms with E-state index in [1.165, 1.54) is 4.90 Å². The van der Waals surface area contributed by atoms with Gasteiger partial charge in [0.2, 0.25) is 0 Å². The van der Waals surface area contributed by atoms with Gasteiger partial charge in [0.25, 0.3) is 5.91 Å². The average Bonchev–Trinajstić information content (AvgIpc) is 2.78. The predicted molar refractivity (Wildman–Crippen MR) is 67.1 cm³/mol. The Kier molecular flexibility index (Phi) is 3.36. The molecule has 0 bridgehead atoms. The van der Waals surface area contributed by atoms with Crippen molar-refractivity contribution in [3.63, 3.8) is 0 Å². The first-order chi connectivity index (χ1) is 8.34. The highest BCUT2D eigenvalue weighted by Crippen LogP contribution is 2.34. The number of rotatable bonds is 3. The second-order valence-electron chi connectivity index (χ2n) is 6.14. The molecule has 2 fully saturated rings. The molecule has 5 heteroatoms. The first-order valence-corrected chi connectivity index (χ1v) is 6.62. The second-order valence-corrected chi connectivity index (χ2v) is 6.14. The van der Waals surface area contributed by atoms with Crippen LogP contribution in [0.25, 0.3) is 0 Å². The van der Waals surface area contributed by atoms with Gasteiger partial charge in [-0.3, -0.25) is 9.69 Å². The third-order valence-electron chi connectivity index (χ3n) is 3.55. The van der Waals surface area contributed by atoms with Gasteiger partial charge in [0.1, 0.15) is 5.54 Å². The maximum atomic E-state index is 12.3. The zero-order chi connectivity index (χ0) is 13.4. The van der Waals surface area contributed by atoms with Crippen molar-refractivity contribution in [3.05, 3.63) is 0 Å². The Labute approximate surface area is 108 Å². The lowest BCUT2D eigenvalue weighted by atomic mass is 9.98. The summed E-state index contributed by atoms with van der Waals surface area (Å²) >= 11 is 0. The van der Waals surface area contributed by atoms with Crippen LogP contribution >= 0.6 is 0 Å². The van der Waals surface area contributed by atoms with Crippen molar-refractivity contribution in [2.24, 2.45) is 0 Å². The van der Waals surface area contributed by atoms with Crippen LogP contribution in [-0.2, 0) is 9.53 Å². The number of hydrogen-bond acceptors (Lipinski definition) is 3. The summed E-state index contributed by atoms with van der Waals surface area (Å²) in [6.45, 7) is 6.59. The van der Waals surface area contributed by atoms with Gasteiger partial charge in [-0.2, -0.15) is 0 Å². The van der Waals surface area contributed by atoms with Gasteiger partial charge in [0, 0.05) is 0 Å². The first-order valence-electron chi connectivity index (χ1n) is 6.62. The molecule has 0 aromatic heterocycles. The largest absolute Gasteiger partial charge is 0.374 e. The molecule has 2 aliphatic rings. The normalized spacial score (nSPS) is 22.9. The van der Waals surface area contributed by atoms with Gasteiger partial charge in [0.15, 0.2) is 0 Å². The van der Waals surface area contributed by atoms with Crippen LogP contribution in [0, 0.1) is 0 Å². The molecule has 18 heavy (non-hydrogen) atoms. The van der Waals surface area contributed by atoms with E-state index in [9.17, 15) is 9.59 Å². The summed E-state index contributed by atoms with van der Waals surface area (Å²) in [5, 5.41) is 2.86. The third-order valence-corrected chi connectivity index (χ3v) is 3.55. The van der Waals surface area contributed by atoms with Crippen molar-refractivity contribution in [1.29, 1.82) is 0 Å². The fraction of sp³-hybridized carbons (Fsp3) is 0.846. The smallest absolute Gasteiger partial charge is 0.325 e. The summed E-state index contributed by atoms with van der Waals surface area (Å²) in [5.41, 5.74) is -0.844. The Hall–Kier alpha value is -1.10. The van der Waals surface area contributed by atoms with Crippen molar-refractivity contribution in [1.82, 2.24) is 10.2 Å². The molecule has 1 spiro atoms. The highest BCUT2D eigenvalue weighted by Gasteiger charge is 2.52. The molecule has 1 aliphatic carbocycles. The van der Waals surface area contributed by atoms with Crippen LogP contribution in [0.15, 0.2) is 0 Å². The number of urea groups is 1. The van der Waals surface area contributed by atoms with E-state index >= 15 is 0 Å². The lowest BCUT2D eigenvalue weighted by Crippen LogP contribution is -2.44. The molecule has 0 atom stereocenters. The Balaban J connectivity index is 1.93. The van der Waals surface area contributed by atoms with Gasteiger partial charge >= 0.3 is 6.03 Å². The van der Waals surface area contributed by atoms with E-state index in [-0.39, 0.29) is 17.5 Å². The number of ether oxygens (including phenoxy) is 1. The number of carbonyl (C=O) groups is 2. The number of hydrogen-bond donors (Lipinski definition) is 1. The topological polar surface area (TPSA) is 58.6 Å². The van der Waals surface area contributed by atoms with E-state index in [0.717, 1.165) is 25.7 Å². The van der Waals surface area contributed by atoms with Crippen molar-refractivity contribution >= 4 is 11.9 Å². The van der Waals surface area contributed by atoms with E-state index in [1.54, 1.807) is 0 Å². The van der Waals surface area contributed by atoms with E-state index in [4.69, 9.17) is 4.74 Å². The first kappa shape index (κ1) is 13.3. The highest BCUT2D eigenvalue weighted by molar-refractivity contribution is 6.07.